The molecule has 1 aromatic carbocycles. The highest BCUT2D eigenvalue weighted by Gasteiger charge is 1.97. The van der Waals surface area contributed by atoms with E-state index in [9.17, 15) is 0 Å². The number of aliphatic hydroxyl groups excluding tert-OH is 2. The van der Waals surface area contributed by atoms with Crippen LogP contribution >= 0.6 is 0 Å². The fraction of sp³-hybridized carbons (Fsp3) is 0.143. The molecule has 16 heavy (non-hydrogen) atoms. The van der Waals surface area contributed by atoms with E-state index in [-0.39, 0.29) is 13.2 Å². The summed E-state index contributed by atoms with van der Waals surface area (Å²) in [5.41, 5.74) is 3.30. The summed E-state index contributed by atoms with van der Waals surface area (Å²) in [4.78, 5) is 0. The Balaban J connectivity index is 0.000000487. The Morgan fingerprint density at radius 2 is 1.31 bits per heavy atom. The number of hydrogen-bond donors (Lipinski definition) is 2. The van der Waals surface area contributed by atoms with Gasteiger partial charge < -0.3 is 10.2 Å². The zero-order chi connectivity index (χ0) is 12.4. The van der Waals surface area contributed by atoms with E-state index in [0.29, 0.717) is 0 Å². The lowest BCUT2D eigenvalue weighted by atomic mass is 10.0. The van der Waals surface area contributed by atoms with E-state index >= 15 is 0 Å². The molecule has 2 N–H and O–H groups in total. The molecule has 0 aliphatic rings. The molecule has 1 aromatic rings. The van der Waals surface area contributed by atoms with E-state index < -0.39 is 0 Å². The largest absolute Gasteiger partial charge is 0.394 e. The van der Waals surface area contributed by atoms with Crippen molar-refractivity contribution in [3.05, 3.63) is 54.6 Å². The second kappa shape index (κ2) is 8.65. The standard InChI is InChI=1S/C12H12.C2H6O2/c1-4-10-8-7-9-11(5-2)12(10)6-3;3-1-2-4/h4-9H,1-3H2;3-4H,1-2H2. The molecule has 86 valence electrons. The van der Waals surface area contributed by atoms with Crippen LogP contribution in [0.15, 0.2) is 37.9 Å². The summed E-state index contributed by atoms with van der Waals surface area (Å²) in [7, 11) is 0. The van der Waals surface area contributed by atoms with Crippen molar-refractivity contribution in [2.24, 2.45) is 0 Å². The lowest BCUT2D eigenvalue weighted by molar-refractivity contribution is 0.186. The van der Waals surface area contributed by atoms with Crippen LogP contribution in [0.5, 0.6) is 0 Å². The van der Waals surface area contributed by atoms with E-state index in [2.05, 4.69) is 19.7 Å². The third kappa shape index (κ3) is 4.26. The molecule has 0 fully saturated rings. The molecule has 0 aliphatic carbocycles. The molecular formula is C14H18O2. The molecular weight excluding hydrogens is 200 g/mol. The Kier molecular flexibility index (Phi) is 7.76. The van der Waals surface area contributed by atoms with Crippen LogP contribution in [0.25, 0.3) is 18.2 Å². The molecule has 2 nitrogen and oxygen atoms in total. The Bertz CT molecular complexity index is 326. The summed E-state index contributed by atoms with van der Waals surface area (Å²) in [6, 6.07) is 6.01. The molecule has 0 heterocycles. The Morgan fingerprint density at radius 3 is 1.56 bits per heavy atom. The molecule has 0 saturated heterocycles. The van der Waals surface area contributed by atoms with Crippen LogP contribution in [0.1, 0.15) is 16.7 Å². The van der Waals surface area contributed by atoms with Gasteiger partial charge in [0.05, 0.1) is 13.2 Å². The van der Waals surface area contributed by atoms with Crippen molar-refractivity contribution in [3.63, 3.8) is 0 Å². The van der Waals surface area contributed by atoms with E-state index in [1.54, 1.807) is 0 Å². The quantitative estimate of drug-likeness (QED) is 0.815. The summed E-state index contributed by atoms with van der Waals surface area (Å²) in [5, 5.41) is 15.2. The number of rotatable bonds is 4. The maximum atomic E-state index is 7.62. The smallest absolute Gasteiger partial charge is 0.0662 e. The highest BCUT2D eigenvalue weighted by atomic mass is 16.3. The molecule has 0 atom stereocenters. The second-order valence-corrected chi connectivity index (χ2v) is 2.91. The van der Waals surface area contributed by atoms with Gasteiger partial charge in [0, 0.05) is 0 Å². The summed E-state index contributed by atoms with van der Waals surface area (Å²) in [5.74, 6) is 0. The van der Waals surface area contributed by atoms with Crippen LogP contribution in [-0.2, 0) is 0 Å². The minimum atomic E-state index is -0.125. The first-order chi connectivity index (χ1) is 7.74. The lowest BCUT2D eigenvalue weighted by Crippen LogP contribution is -1.85. The van der Waals surface area contributed by atoms with Crippen molar-refractivity contribution in [2.45, 2.75) is 0 Å². The van der Waals surface area contributed by atoms with Gasteiger partial charge in [-0.15, -0.1) is 0 Å². The van der Waals surface area contributed by atoms with Gasteiger partial charge in [-0.3, -0.25) is 0 Å². The van der Waals surface area contributed by atoms with Crippen molar-refractivity contribution < 1.29 is 10.2 Å². The third-order valence-electron chi connectivity index (χ3n) is 1.92. The predicted octanol–water partition coefficient (Wildman–Crippen LogP) is 2.59. The molecule has 0 spiro atoms. The zero-order valence-corrected chi connectivity index (χ0v) is 9.39. The molecule has 0 unspecified atom stereocenters. The minimum Gasteiger partial charge on any atom is -0.394 e. The summed E-state index contributed by atoms with van der Waals surface area (Å²) < 4.78 is 0. The van der Waals surface area contributed by atoms with Gasteiger partial charge in [0.1, 0.15) is 0 Å². The first kappa shape index (κ1) is 14.4. The normalized spacial score (nSPS) is 8.62. The fourth-order valence-electron chi connectivity index (χ4n) is 1.19. The van der Waals surface area contributed by atoms with Gasteiger partial charge in [-0.05, 0) is 16.7 Å². The monoisotopic (exact) mass is 218 g/mol. The van der Waals surface area contributed by atoms with Gasteiger partial charge in [0.2, 0.25) is 0 Å². The second-order valence-electron chi connectivity index (χ2n) is 2.91. The third-order valence-corrected chi connectivity index (χ3v) is 1.92. The fourth-order valence-corrected chi connectivity index (χ4v) is 1.19. The van der Waals surface area contributed by atoms with Crippen molar-refractivity contribution in [2.75, 3.05) is 13.2 Å². The minimum absolute atomic E-state index is 0.125. The first-order valence-electron chi connectivity index (χ1n) is 4.97. The lowest BCUT2D eigenvalue weighted by Gasteiger charge is -2.03. The Labute approximate surface area is 96.9 Å². The SMILES string of the molecule is C=Cc1cccc(C=C)c1C=C.OCCO. The van der Waals surface area contributed by atoms with Crippen LogP contribution in [-0.4, -0.2) is 23.4 Å². The number of hydrogen-bond acceptors (Lipinski definition) is 2. The number of benzene rings is 1. The van der Waals surface area contributed by atoms with Gasteiger partial charge >= 0.3 is 0 Å². The average Bonchev–Trinajstić information content (AvgIpc) is 2.37. The summed E-state index contributed by atoms with van der Waals surface area (Å²) in [6.45, 7) is 11.0. The van der Waals surface area contributed by atoms with Gasteiger partial charge in [-0.1, -0.05) is 56.2 Å². The van der Waals surface area contributed by atoms with Crippen LogP contribution < -0.4 is 0 Å². The van der Waals surface area contributed by atoms with Crippen molar-refractivity contribution in [1.29, 1.82) is 0 Å². The van der Waals surface area contributed by atoms with Gasteiger partial charge in [0.25, 0.3) is 0 Å². The van der Waals surface area contributed by atoms with E-state index in [1.165, 1.54) is 0 Å². The highest BCUT2D eigenvalue weighted by Crippen LogP contribution is 2.17. The molecule has 0 radical (unpaired) electrons. The zero-order valence-electron chi connectivity index (χ0n) is 9.39. The topological polar surface area (TPSA) is 40.5 Å². The maximum Gasteiger partial charge on any atom is 0.0662 e. The maximum absolute atomic E-state index is 7.62. The van der Waals surface area contributed by atoms with Gasteiger partial charge in [-0.25, -0.2) is 0 Å². The molecule has 2 heteroatoms. The van der Waals surface area contributed by atoms with Crippen LogP contribution in [0, 0.1) is 0 Å². The average molecular weight is 218 g/mol. The van der Waals surface area contributed by atoms with Crippen molar-refractivity contribution in [3.8, 4) is 0 Å². The highest BCUT2D eigenvalue weighted by molar-refractivity contribution is 5.72. The van der Waals surface area contributed by atoms with E-state index in [4.69, 9.17) is 10.2 Å². The summed E-state index contributed by atoms with van der Waals surface area (Å²) in [6.07, 6.45) is 5.47. The van der Waals surface area contributed by atoms with Crippen LogP contribution in [0.2, 0.25) is 0 Å². The Morgan fingerprint density at radius 1 is 0.875 bits per heavy atom. The number of aliphatic hydroxyl groups is 2. The van der Waals surface area contributed by atoms with Crippen LogP contribution in [0.3, 0.4) is 0 Å². The van der Waals surface area contributed by atoms with Crippen molar-refractivity contribution in [1.82, 2.24) is 0 Å². The first-order valence-corrected chi connectivity index (χ1v) is 4.97. The molecule has 0 saturated carbocycles. The Hall–Kier alpha value is -1.64. The molecule has 0 amide bonds. The molecule has 0 bridgehead atoms. The molecule has 0 aromatic heterocycles. The predicted molar refractivity (Wildman–Crippen MR) is 70.9 cm³/mol. The molecule has 0 aliphatic heterocycles. The van der Waals surface area contributed by atoms with E-state index in [1.807, 2.05) is 36.4 Å². The van der Waals surface area contributed by atoms with E-state index in [0.717, 1.165) is 16.7 Å². The van der Waals surface area contributed by atoms with Crippen molar-refractivity contribution >= 4 is 18.2 Å². The van der Waals surface area contributed by atoms with Crippen LogP contribution in [0.4, 0.5) is 0 Å². The van der Waals surface area contributed by atoms with Gasteiger partial charge in [-0.2, -0.15) is 0 Å². The van der Waals surface area contributed by atoms with Gasteiger partial charge in [0.15, 0.2) is 0 Å². The summed E-state index contributed by atoms with van der Waals surface area (Å²) >= 11 is 0. The molecule has 1 rings (SSSR count).